The monoisotopic (exact) mass is 165 g/mol. The van der Waals surface area contributed by atoms with E-state index in [9.17, 15) is 0 Å². The molecule has 0 aromatic carbocycles. The predicted molar refractivity (Wildman–Crippen MR) is 30.5 cm³/mol. The van der Waals surface area contributed by atoms with Crippen molar-refractivity contribution in [1.82, 2.24) is 12.3 Å². The molecule has 0 saturated heterocycles. The predicted octanol–water partition coefficient (Wildman–Crippen LogP) is -1.60. The van der Waals surface area contributed by atoms with Crippen LogP contribution >= 0.6 is 0 Å². The summed E-state index contributed by atoms with van der Waals surface area (Å²) < 4.78 is 31.6. The normalized spacial score (nSPS) is 7.11. The first-order valence-electron chi connectivity index (χ1n) is 0.987. The van der Waals surface area contributed by atoms with Crippen LogP contribution in [-0.2, 0) is 10.4 Å². The molecule has 0 aliphatic carbocycles. The quantitative estimate of drug-likeness (QED) is 0.210. The third-order valence-corrected chi connectivity index (χ3v) is 0. The molecular formula is H11N3O5S. The minimum Gasteiger partial charge on any atom is -0.637 e. The fraction of sp³-hybridized carbons (Fsp3) is 0. The third-order valence-electron chi connectivity index (χ3n) is 0. The average Bonchev–Trinajstić information content (AvgIpc) is 1.36. The first-order valence-corrected chi connectivity index (χ1v) is 2.38. The molecule has 0 unspecified atom stereocenters. The van der Waals surface area contributed by atoms with Gasteiger partial charge >= 0.3 is 10.4 Å². The highest BCUT2D eigenvalue weighted by Gasteiger charge is 1.84. The Labute approximate surface area is 52.4 Å². The molecule has 0 radical (unpaired) electrons. The highest BCUT2D eigenvalue weighted by Crippen LogP contribution is 1.59. The van der Waals surface area contributed by atoms with E-state index >= 15 is 0 Å². The molecule has 0 heterocycles. The van der Waals surface area contributed by atoms with Gasteiger partial charge in [-0.15, -0.1) is 0 Å². The fourth-order valence-corrected chi connectivity index (χ4v) is 0. The average molecular weight is 165 g/mol. The molecule has 0 aliphatic rings. The second-order valence-corrected chi connectivity index (χ2v) is 1.34. The lowest BCUT2D eigenvalue weighted by molar-refractivity contribution is -0.275. The Bertz CT molecular complexity index is 95.4. The van der Waals surface area contributed by atoms with Crippen molar-refractivity contribution in [2.45, 2.75) is 0 Å². The van der Waals surface area contributed by atoms with Crippen molar-refractivity contribution in [3.05, 3.63) is 5.21 Å². The van der Waals surface area contributed by atoms with Gasteiger partial charge in [0.05, 0.1) is 0 Å². The molecule has 0 bridgehead atoms. The smallest absolute Gasteiger partial charge is 0.394 e. The molecule has 0 rings (SSSR count). The van der Waals surface area contributed by atoms with Crippen molar-refractivity contribution in [1.29, 1.82) is 0 Å². The number of rotatable bonds is 0. The van der Waals surface area contributed by atoms with Crippen LogP contribution in [0.3, 0.4) is 0 Å². The Kier molecular flexibility index (Phi) is 27.6. The van der Waals surface area contributed by atoms with Crippen molar-refractivity contribution in [3.63, 3.8) is 0 Å². The van der Waals surface area contributed by atoms with Gasteiger partial charge in [0.2, 0.25) is 0 Å². The third kappa shape index (κ3) is 2990. The topological polar surface area (TPSA) is 195 Å². The summed E-state index contributed by atoms with van der Waals surface area (Å²) in [6.07, 6.45) is 0. The van der Waals surface area contributed by atoms with Crippen LogP contribution in [0.25, 0.3) is 0 Å². The fourth-order valence-electron chi connectivity index (χ4n) is 0. The second-order valence-electron chi connectivity index (χ2n) is 0.448. The molecule has 0 saturated carbocycles. The van der Waals surface area contributed by atoms with E-state index in [0.29, 0.717) is 0 Å². The van der Waals surface area contributed by atoms with E-state index in [1.807, 2.05) is 5.90 Å². The summed E-state index contributed by atoms with van der Waals surface area (Å²) in [5.74, 6) is 2.00. The van der Waals surface area contributed by atoms with E-state index in [-0.39, 0.29) is 12.3 Å². The van der Waals surface area contributed by atoms with Crippen LogP contribution in [0.2, 0.25) is 0 Å². The lowest BCUT2D eigenvalue weighted by atomic mass is 13.6. The first-order chi connectivity index (χ1) is 3.00. The molecule has 62 valence electrons. The minimum absolute atomic E-state index is 0. The van der Waals surface area contributed by atoms with Gasteiger partial charge in [-0.05, 0) is 0 Å². The van der Waals surface area contributed by atoms with Crippen molar-refractivity contribution >= 4 is 10.4 Å². The number of hydrogen-bond acceptors (Lipinski definition) is 5. The van der Waals surface area contributed by atoms with Gasteiger partial charge in [-0.25, -0.2) is 0 Å². The summed E-state index contributed by atoms with van der Waals surface area (Å²) in [6, 6.07) is 0. The van der Waals surface area contributed by atoms with Crippen LogP contribution in [0.1, 0.15) is 0 Å². The SMILES string of the molecule is N.N.O=S(=O)(O)O.[NH3+][O-]. The molecular weight excluding hydrogens is 154 g/mol. The molecule has 0 atom stereocenters. The molecule has 0 amide bonds. The Morgan fingerprint density at radius 2 is 1.11 bits per heavy atom. The summed E-state index contributed by atoms with van der Waals surface area (Å²) >= 11 is 0. The molecule has 9 heteroatoms. The standard InChI is InChI=1S/H3NO.2H3N.H2O4S/c1-2;;;1-5(2,3)4/h1H3;2*1H3;(H2,1,2,3,4). The van der Waals surface area contributed by atoms with Gasteiger partial charge in [0, 0.05) is 0 Å². The molecule has 0 aromatic rings. The molecule has 11 N–H and O–H groups in total. The first kappa shape index (κ1) is 23.3. The lowest BCUT2D eigenvalue weighted by Gasteiger charge is -1.68. The number of quaternary nitrogens is 1. The highest BCUT2D eigenvalue weighted by molar-refractivity contribution is 7.79. The molecule has 0 aliphatic heterocycles. The largest absolute Gasteiger partial charge is 0.637 e. The van der Waals surface area contributed by atoms with E-state index in [0.717, 1.165) is 0 Å². The Morgan fingerprint density at radius 1 is 1.11 bits per heavy atom. The van der Waals surface area contributed by atoms with Gasteiger partial charge in [-0.3, -0.25) is 9.11 Å². The minimum atomic E-state index is -4.67. The van der Waals surface area contributed by atoms with Crippen LogP contribution in [0.15, 0.2) is 0 Å². The van der Waals surface area contributed by atoms with E-state index in [4.69, 9.17) is 22.7 Å². The second kappa shape index (κ2) is 10.6. The van der Waals surface area contributed by atoms with E-state index in [1.165, 1.54) is 0 Å². The van der Waals surface area contributed by atoms with Gasteiger partial charge in [-0.2, -0.15) is 8.42 Å². The summed E-state index contributed by atoms with van der Waals surface area (Å²) in [6.45, 7) is 0. The van der Waals surface area contributed by atoms with E-state index in [2.05, 4.69) is 0 Å². The van der Waals surface area contributed by atoms with Crippen LogP contribution in [-0.4, -0.2) is 17.5 Å². The van der Waals surface area contributed by atoms with E-state index < -0.39 is 10.4 Å². The summed E-state index contributed by atoms with van der Waals surface area (Å²) in [7, 11) is -4.67. The van der Waals surface area contributed by atoms with Gasteiger partial charge in [0.1, 0.15) is 0 Å². The zero-order valence-corrected chi connectivity index (χ0v) is 5.47. The zero-order valence-electron chi connectivity index (χ0n) is 4.65. The van der Waals surface area contributed by atoms with Crippen molar-refractivity contribution in [2.75, 3.05) is 0 Å². The zero-order chi connectivity index (χ0) is 6.50. The maximum Gasteiger partial charge on any atom is 0.394 e. The molecule has 9 heavy (non-hydrogen) atoms. The molecule has 0 spiro atoms. The van der Waals surface area contributed by atoms with Crippen molar-refractivity contribution < 1.29 is 23.4 Å². The van der Waals surface area contributed by atoms with Crippen LogP contribution in [0.4, 0.5) is 0 Å². The van der Waals surface area contributed by atoms with Crippen LogP contribution < -0.4 is 18.2 Å². The van der Waals surface area contributed by atoms with Gasteiger partial charge in [0.15, 0.2) is 0 Å². The molecule has 0 aromatic heterocycles. The Hall–Kier alpha value is -0.290. The Morgan fingerprint density at radius 3 is 1.11 bits per heavy atom. The van der Waals surface area contributed by atoms with Crippen LogP contribution in [0.5, 0.6) is 0 Å². The summed E-state index contributed by atoms with van der Waals surface area (Å²) in [5, 5.41) is 8.00. The summed E-state index contributed by atoms with van der Waals surface area (Å²) in [4.78, 5) is 0. The van der Waals surface area contributed by atoms with Crippen molar-refractivity contribution in [2.24, 2.45) is 0 Å². The maximum atomic E-state index is 8.74. The summed E-state index contributed by atoms with van der Waals surface area (Å²) in [5.41, 5.74) is 0. The number of hydrogen-bond donors (Lipinski definition) is 5. The maximum absolute atomic E-state index is 8.74. The van der Waals surface area contributed by atoms with Crippen molar-refractivity contribution in [3.8, 4) is 0 Å². The lowest BCUT2D eigenvalue weighted by Crippen LogP contribution is -2.37. The van der Waals surface area contributed by atoms with E-state index in [1.54, 1.807) is 0 Å². The van der Waals surface area contributed by atoms with Gasteiger partial charge in [-0.1, -0.05) is 0 Å². The van der Waals surface area contributed by atoms with Gasteiger partial charge < -0.3 is 23.4 Å². The molecule has 8 nitrogen and oxygen atoms in total. The van der Waals surface area contributed by atoms with Crippen LogP contribution in [0, 0.1) is 5.21 Å². The molecule has 0 fully saturated rings. The Balaban J connectivity index is -0.0000000286. The van der Waals surface area contributed by atoms with Gasteiger partial charge in [0.25, 0.3) is 0 Å². The highest BCUT2D eigenvalue weighted by atomic mass is 32.3.